The summed E-state index contributed by atoms with van der Waals surface area (Å²) in [6, 6.07) is 0. The Balaban J connectivity index is 2.12. The average molecular weight is 148 g/mol. The number of hydrogen-bond acceptors (Lipinski definition) is 0. The van der Waals surface area contributed by atoms with Crippen LogP contribution in [0.3, 0.4) is 0 Å². The first-order chi connectivity index (χ1) is 5.47. The van der Waals surface area contributed by atoms with Gasteiger partial charge < -0.3 is 0 Å². The molecule has 0 heterocycles. The Morgan fingerprint density at radius 3 is 1.82 bits per heavy atom. The van der Waals surface area contributed by atoms with Crippen molar-refractivity contribution in [3.63, 3.8) is 0 Å². The second kappa shape index (κ2) is 3.25. The Morgan fingerprint density at radius 2 is 1.27 bits per heavy atom. The molecule has 0 nitrogen and oxygen atoms in total. The summed E-state index contributed by atoms with van der Waals surface area (Å²) >= 11 is 0. The molecule has 0 atom stereocenters. The van der Waals surface area contributed by atoms with Gasteiger partial charge in [-0.15, -0.1) is 0 Å². The summed E-state index contributed by atoms with van der Waals surface area (Å²) in [6.07, 6.45) is 14.3. The fourth-order valence-electron chi connectivity index (χ4n) is 2.15. The largest absolute Gasteiger partial charge is 0.0841 e. The monoisotopic (exact) mass is 148 g/mol. The minimum atomic E-state index is 1.26. The predicted octanol–water partition coefficient (Wildman–Crippen LogP) is 3.60. The fourth-order valence-corrected chi connectivity index (χ4v) is 2.15. The molecule has 0 heteroatoms. The lowest BCUT2D eigenvalue weighted by Gasteiger charge is -2.13. The molecule has 0 aromatic rings. The maximum absolute atomic E-state index is 2.34. The quantitative estimate of drug-likeness (QED) is 0.460. The predicted molar refractivity (Wildman–Crippen MR) is 48.5 cm³/mol. The third-order valence-electron chi connectivity index (χ3n) is 2.85. The highest BCUT2D eigenvalue weighted by molar-refractivity contribution is 5.24. The Hall–Kier alpha value is -0.520. The van der Waals surface area contributed by atoms with E-state index in [1.165, 1.54) is 44.9 Å². The SMILES string of the molecule is C1=CCC2=C(C1)CCCCC2. The van der Waals surface area contributed by atoms with E-state index in [9.17, 15) is 0 Å². The van der Waals surface area contributed by atoms with Crippen LogP contribution < -0.4 is 0 Å². The van der Waals surface area contributed by atoms with Crippen molar-refractivity contribution in [2.24, 2.45) is 0 Å². The molecule has 60 valence electrons. The molecule has 0 fully saturated rings. The highest BCUT2D eigenvalue weighted by Crippen LogP contribution is 2.30. The summed E-state index contributed by atoms with van der Waals surface area (Å²) in [7, 11) is 0. The van der Waals surface area contributed by atoms with Crippen LogP contribution in [-0.4, -0.2) is 0 Å². The van der Waals surface area contributed by atoms with Gasteiger partial charge in [0.05, 0.1) is 0 Å². The minimum Gasteiger partial charge on any atom is -0.0841 e. The van der Waals surface area contributed by atoms with Crippen molar-refractivity contribution in [3.05, 3.63) is 23.3 Å². The van der Waals surface area contributed by atoms with Gasteiger partial charge in [-0.1, -0.05) is 29.7 Å². The molecule has 0 radical (unpaired) electrons. The third-order valence-corrected chi connectivity index (χ3v) is 2.85. The van der Waals surface area contributed by atoms with Crippen molar-refractivity contribution < 1.29 is 0 Å². The maximum atomic E-state index is 2.34. The van der Waals surface area contributed by atoms with Crippen LogP contribution in [-0.2, 0) is 0 Å². The summed E-state index contributed by atoms with van der Waals surface area (Å²) in [5, 5.41) is 0. The van der Waals surface area contributed by atoms with E-state index < -0.39 is 0 Å². The second-order valence-electron chi connectivity index (χ2n) is 3.65. The van der Waals surface area contributed by atoms with Crippen molar-refractivity contribution in [2.75, 3.05) is 0 Å². The van der Waals surface area contributed by atoms with Gasteiger partial charge in [0.2, 0.25) is 0 Å². The summed E-state index contributed by atoms with van der Waals surface area (Å²) < 4.78 is 0. The average Bonchev–Trinajstić information content (AvgIpc) is 2.28. The number of allylic oxidation sites excluding steroid dienone is 4. The van der Waals surface area contributed by atoms with E-state index in [2.05, 4.69) is 12.2 Å². The third kappa shape index (κ3) is 1.55. The Morgan fingerprint density at radius 1 is 0.727 bits per heavy atom. The molecule has 0 amide bonds. The molecule has 0 unspecified atom stereocenters. The molecule has 0 saturated heterocycles. The molecule has 0 bridgehead atoms. The fraction of sp³-hybridized carbons (Fsp3) is 0.636. The first-order valence-electron chi connectivity index (χ1n) is 4.81. The van der Waals surface area contributed by atoms with E-state index in [1.54, 1.807) is 11.1 Å². The van der Waals surface area contributed by atoms with E-state index in [0.717, 1.165) is 0 Å². The zero-order chi connectivity index (χ0) is 7.52. The van der Waals surface area contributed by atoms with Crippen LogP contribution in [0.4, 0.5) is 0 Å². The van der Waals surface area contributed by atoms with E-state index in [4.69, 9.17) is 0 Å². The van der Waals surface area contributed by atoms with Gasteiger partial charge in [-0.25, -0.2) is 0 Å². The van der Waals surface area contributed by atoms with Gasteiger partial charge in [-0.2, -0.15) is 0 Å². The van der Waals surface area contributed by atoms with Crippen LogP contribution in [0, 0.1) is 0 Å². The van der Waals surface area contributed by atoms with Crippen molar-refractivity contribution in [2.45, 2.75) is 44.9 Å². The van der Waals surface area contributed by atoms with Gasteiger partial charge in [0.1, 0.15) is 0 Å². The molecule has 0 saturated carbocycles. The standard InChI is InChI=1S/C11H16/c1-2-6-10-8-4-5-9-11(10)7-3-1/h4-5H,1-3,6-9H2. The van der Waals surface area contributed by atoms with Gasteiger partial charge in [0.25, 0.3) is 0 Å². The normalized spacial score (nSPS) is 24.7. The lowest BCUT2D eigenvalue weighted by atomic mass is 9.94. The Bertz CT molecular complexity index is 176. The first kappa shape index (κ1) is 7.15. The van der Waals surface area contributed by atoms with Crippen molar-refractivity contribution in [1.29, 1.82) is 0 Å². The molecule has 2 aliphatic rings. The van der Waals surface area contributed by atoms with Gasteiger partial charge in [-0.05, 0) is 38.5 Å². The molecule has 0 N–H and O–H groups in total. The van der Waals surface area contributed by atoms with Gasteiger partial charge in [-0.3, -0.25) is 0 Å². The number of hydrogen-bond donors (Lipinski definition) is 0. The van der Waals surface area contributed by atoms with E-state index in [1.807, 2.05) is 0 Å². The van der Waals surface area contributed by atoms with Crippen molar-refractivity contribution in [1.82, 2.24) is 0 Å². The Labute approximate surface area is 69.0 Å². The summed E-state index contributed by atoms with van der Waals surface area (Å²) in [5.74, 6) is 0. The topological polar surface area (TPSA) is 0 Å². The van der Waals surface area contributed by atoms with E-state index >= 15 is 0 Å². The molecule has 0 aliphatic heterocycles. The first-order valence-corrected chi connectivity index (χ1v) is 4.81. The minimum absolute atomic E-state index is 1.26. The zero-order valence-corrected chi connectivity index (χ0v) is 7.10. The molecule has 0 aromatic carbocycles. The molecule has 2 rings (SSSR count). The van der Waals surface area contributed by atoms with Crippen LogP contribution in [0.15, 0.2) is 23.3 Å². The molecule has 0 spiro atoms. The second-order valence-corrected chi connectivity index (χ2v) is 3.65. The van der Waals surface area contributed by atoms with Crippen LogP contribution in [0.2, 0.25) is 0 Å². The van der Waals surface area contributed by atoms with E-state index in [-0.39, 0.29) is 0 Å². The number of rotatable bonds is 0. The van der Waals surface area contributed by atoms with Crippen molar-refractivity contribution in [3.8, 4) is 0 Å². The zero-order valence-electron chi connectivity index (χ0n) is 7.10. The lowest BCUT2D eigenvalue weighted by molar-refractivity contribution is 0.703. The molecule has 11 heavy (non-hydrogen) atoms. The highest BCUT2D eigenvalue weighted by atomic mass is 14.2. The molecule has 0 aromatic heterocycles. The van der Waals surface area contributed by atoms with E-state index in [0.29, 0.717) is 0 Å². The molecular weight excluding hydrogens is 132 g/mol. The van der Waals surface area contributed by atoms with Crippen LogP contribution >= 0.6 is 0 Å². The van der Waals surface area contributed by atoms with Crippen LogP contribution in [0.5, 0.6) is 0 Å². The lowest BCUT2D eigenvalue weighted by Crippen LogP contribution is -1.93. The summed E-state index contributed by atoms with van der Waals surface area (Å²) in [4.78, 5) is 0. The summed E-state index contributed by atoms with van der Waals surface area (Å²) in [6.45, 7) is 0. The van der Waals surface area contributed by atoms with Crippen LogP contribution in [0.1, 0.15) is 44.9 Å². The van der Waals surface area contributed by atoms with Gasteiger partial charge >= 0.3 is 0 Å². The molecular formula is C11H16. The maximum Gasteiger partial charge on any atom is -0.0136 e. The smallest absolute Gasteiger partial charge is 0.0136 e. The summed E-state index contributed by atoms with van der Waals surface area (Å²) in [5.41, 5.74) is 3.54. The van der Waals surface area contributed by atoms with Gasteiger partial charge in [0, 0.05) is 0 Å². The van der Waals surface area contributed by atoms with Crippen molar-refractivity contribution >= 4 is 0 Å². The van der Waals surface area contributed by atoms with Gasteiger partial charge in [0.15, 0.2) is 0 Å². The van der Waals surface area contributed by atoms with Crippen LogP contribution in [0.25, 0.3) is 0 Å². The highest BCUT2D eigenvalue weighted by Gasteiger charge is 2.11. The Kier molecular flexibility index (Phi) is 2.11. The molecule has 2 aliphatic carbocycles.